The van der Waals surface area contributed by atoms with Gasteiger partial charge in [0, 0.05) is 48.8 Å². The number of rotatable bonds is 24. The number of phenols is 2. The molecule has 0 aliphatic carbocycles. The van der Waals surface area contributed by atoms with Crippen LogP contribution in [0, 0.1) is 0 Å². The fourth-order valence-corrected chi connectivity index (χ4v) is 7.55. The summed E-state index contributed by atoms with van der Waals surface area (Å²) in [4.78, 5) is 34.7. The Morgan fingerprint density at radius 2 is 0.882 bits per heavy atom. The maximum absolute atomic E-state index is 12.5. The first-order chi connectivity index (χ1) is 33.4. The van der Waals surface area contributed by atoms with Crippen LogP contribution in [0.25, 0.3) is 0 Å². The van der Waals surface area contributed by atoms with Crippen molar-refractivity contribution in [1.82, 2.24) is 10.6 Å². The summed E-state index contributed by atoms with van der Waals surface area (Å²) in [6, 6.07) is 13.5. The van der Waals surface area contributed by atoms with E-state index in [-0.39, 0.29) is 74.3 Å². The van der Waals surface area contributed by atoms with Crippen LogP contribution in [-0.2, 0) is 19.1 Å². The maximum atomic E-state index is 12.5. The van der Waals surface area contributed by atoms with Gasteiger partial charge in [-0.2, -0.15) is 0 Å². The minimum absolute atomic E-state index is 0.119. The number of aromatic hydroxyl groups is 2. The van der Waals surface area contributed by atoms with Gasteiger partial charge in [0.2, 0.25) is 0 Å². The number of benzene rings is 3. The van der Waals surface area contributed by atoms with E-state index in [1.54, 1.807) is 48.5 Å². The van der Waals surface area contributed by atoms with Gasteiger partial charge in [-0.3, -0.25) is 19.6 Å². The van der Waals surface area contributed by atoms with Gasteiger partial charge < -0.3 is 49.3 Å². The molecule has 0 radical (unpaired) electrons. The molecule has 3 aromatic carbocycles. The molecule has 0 spiro atoms. The molecule has 0 saturated carbocycles. The number of unbranched alkanes of at least 4 members (excludes halogenated alkanes) is 18. The highest BCUT2D eigenvalue weighted by atomic mass is 16.5. The van der Waals surface area contributed by atoms with E-state index in [0.717, 1.165) is 38.5 Å². The predicted molar refractivity (Wildman–Crippen MR) is 270 cm³/mol. The van der Waals surface area contributed by atoms with Crippen LogP contribution in [0.2, 0.25) is 0 Å². The molecule has 2 amide bonds. The van der Waals surface area contributed by atoms with Crippen LogP contribution in [-0.4, -0.2) is 100 Å². The summed E-state index contributed by atoms with van der Waals surface area (Å²) in [5.41, 5.74) is 1.53. The molecule has 4 bridgehead atoms. The number of para-hydroxylation sites is 2. The zero-order valence-electron chi connectivity index (χ0n) is 41.0. The number of phenolic OH excluding ortho intramolecular Hbond substituents is 2. The van der Waals surface area contributed by atoms with E-state index in [4.69, 9.17) is 38.4 Å². The van der Waals surface area contributed by atoms with Gasteiger partial charge in [0.15, 0.2) is 47.7 Å². The van der Waals surface area contributed by atoms with Crippen molar-refractivity contribution in [3.8, 4) is 34.5 Å². The van der Waals surface area contributed by atoms with Crippen molar-refractivity contribution >= 4 is 35.6 Å². The fraction of sp³-hybridized carbons (Fsp3) is 0.593. The smallest absolute Gasteiger partial charge is 0.258 e. The number of hydrogen-bond donors (Lipinski definition) is 4. The fourth-order valence-electron chi connectivity index (χ4n) is 7.55. The standard InChI is InChI=1S/C54H80N4O10/c1-3-5-7-9-11-13-15-17-19-21-31-65-49-37-45-46(38-50(49)66-32-22-20-18-16-14-12-10-8-6-4-2)58-40-44-26-24-28-48(54(44)62)68-42-52(60)56-30-34-64-36-35-63-33-29-55-51(59)41-67-47-27-23-25-43(39-57-45)53(47)61/h23-28,37-40,61-62H,3-22,29-36,41-42H2,1-2H3,(H,55,59)(H,56,60). The van der Waals surface area contributed by atoms with E-state index < -0.39 is 0 Å². The molecule has 14 heteroatoms. The number of nitrogens with zero attached hydrogens (tertiary/aromatic N) is 2. The average Bonchev–Trinajstić information content (AvgIpc) is 3.34. The van der Waals surface area contributed by atoms with Crippen molar-refractivity contribution in [3.63, 3.8) is 0 Å². The van der Waals surface area contributed by atoms with E-state index >= 15 is 0 Å². The third kappa shape index (κ3) is 22.6. The molecule has 0 unspecified atom stereocenters. The first-order valence-corrected chi connectivity index (χ1v) is 25.5. The molecule has 14 nitrogen and oxygen atoms in total. The van der Waals surface area contributed by atoms with Gasteiger partial charge in [0.1, 0.15) is 0 Å². The number of hydrogen-bond acceptors (Lipinski definition) is 12. The van der Waals surface area contributed by atoms with Crippen LogP contribution >= 0.6 is 0 Å². The topological polar surface area (TPSA) is 179 Å². The molecule has 0 fully saturated rings. The Morgan fingerprint density at radius 3 is 1.26 bits per heavy atom. The van der Waals surface area contributed by atoms with E-state index in [2.05, 4.69) is 24.5 Å². The van der Waals surface area contributed by atoms with Gasteiger partial charge in [0.05, 0.1) is 51.0 Å². The highest BCUT2D eigenvalue weighted by Crippen LogP contribution is 2.41. The van der Waals surface area contributed by atoms with Gasteiger partial charge in [-0.05, 0) is 37.1 Å². The zero-order valence-corrected chi connectivity index (χ0v) is 41.0. The normalized spacial score (nSPS) is 14.4. The number of ether oxygens (including phenoxy) is 6. The van der Waals surface area contributed by atoms with Crippen LogP contribution in [0.4, 0.5) is 11.4 Å². The Hall–Kier alpha value is -5.34. The number of fused-ring (bicyclic) bond motifs is 5. The molecule has 4 N–H and O–H groups in total. The molecular weight excluding hydrogens is 865 g/mol. The molecule has 1 heterocycles. The van der Waals surface area contributed by atoms with E-state index in [1.807, 2.05) is 0 Å². The van der Waals surface area contributed by atoms with Crippen LogP contribution < -0.4 is 29.6 Å². The second-order valence-corrected chi connectivity index (χ2v) is 17.3. The lowest BCUT2D eigenvalue weighted by molar-refractivity contribution is -0.124. The quantitative estimate of drug-likeness (QED) is 0.0632. The first-order valence-electron chi connectivity index (χ1n) is 25.5. The lowest BCUT2D eigenvalue weighted by Crippen LogP contribution is -2.32. The minimum atomic E-state index is -0.379. The number of aliphatic imine (C=N–C) groups is 2. The predicted octanol–water partition coefficient (Wildman–Crippen LogP) is 11.2. The van der Waals surface area contributed by atoms with Gasteiger partial charge in [-0.25, -0.2) is 0 Å². The number of nitrogens with one attached hydrogen (secondary N) is 2. The SMILES string of the molecule is CCCCCCCCCCCCOc1cc2c(cc1OCCCCCCCCCCCC)N=Cc1cccc(c1O)OCC(=O)NCCOCCOCCNC(=O)COc1cccc(c1O)C=N2. The maximum Gasteiger partial charge on any atom is 0.258 e. The monoisotopic (exact) mass is 945 g/mol. The summed E-state index contributed by atoms with van der Waals surface area (Å²) >= 11 is 0. The van der Waals surface area contributed by atoms with Crippen molar-refractivity contribution in [3.05, 3.63) is 59.7 Å². The summed E-state index contributed by atoms with van der Waals surface area (Å²) in [7, 11) is 0. The van der Waals surface area contributed by atoms with Crippen molar-refractivity contribution in [2.45, 2.75) is 142 Å². The Bertz CT molecular complexity index is 1800. The van der Waals surface area contributed by atoms with Gasteiger partial charge >= 0.3 is 0 Å². The largest absolute Gasteiger partial charge is 0.504 e. The average molecular weight is 945 g/mol. The molecule has 0 saturated heterocycles. The van der Waals surface area contributed by atoms with Crippen molar-refractivity contribution in [2.75, 3.05) is 65.9 Å². The van der Waals surface area contributed by atoms with Gasteiger partial charge in [0.25, 0.3) is 11.8 Å². The van der Waals surface area contributed by atoms with Crippen LogP contribution in [0.15, 0.2) is 58.5 Å². The van der Waals surface area contributed by atoms with E-state index in [9.17, 15) is 19.8 Å². The zero-order chi connectivity index (χ0) is 48.3. The highest BCUT2D eigenvalue weighted by Gasteiger charge is 2.16. The molecule has 68 heavy (non-hydrogen) atoms. The summed E-state index contributed by atoms with van der Waals surface area (Å²) in [6.07, 6.45) is 27.3. The second kappa shape index (κ2) is 34.9. The molecule has 1 aliphatic heterocycles. The van der Waals surface area contributed by atoms with Crippen molar-refractivity contribution in [2.24, 2.45) is 9.98 Å². The summed E-state index contributed by atoms with van der Waals surface area (Å²) < 4.78 is 35.4. The van der Waals surface area contributed by atoms with Crippen molar-refractivity contribution < 1.29 is 48.2 Å². The summed E-state index contributed by atoms with van der Waals surface area (Å²) in [6.45, 7) is 6.51. The molecule has 376 valence electrons. The Labute approximate surface area is 405 Å². The van der Waals surface area contributed by atoms with Crippen molar-refractivity contribution in [1.29, 1.82) is 0 Å². The third-order valence-corrected chi connectivity index (χ3v) is 11.5. The van der Waals surface area contributed by atoms with Gasteiger partial charge in [-0.1, -0.05) is 142 Å². The molecule has 0 aromatic heterocycles. The van der Waals surface area contributed by atoms with E-state index in [0.29, 0.717) is 60.4 Å². The Balaban J connectivity index is 1.59. The summed E-state index contributed by atoms with van der Waals surface area (Å²) in [5, 5.41) is 27.9. The minimum Gasteiger partial charge on any atom is -0.504 e. The Morgan fingerprint density at radius 1 is 0.515 bits per heavy atom. The molecule has 3 aromatic rings. The molecule has 0 atom stereocenters. The first kappa shape index (κ1) is 55.3. The lowest BCUT2D eigenvalue weighted by Gasteiger charge is -2.15. The highest BCUT2D eigenvalue weighted by molar-refractivity contribution is 5.91. The molecule has 1 aliphatic rings. The van der Waals surface area contributed by atoms with Crippen LogP contribution in [0.3, 0.4) is 0 Å². The molecular formula is C54H80N4O10. The second-order valence-electron chi connectivity index (χ2n) is 17.3. The number of amides is 2. The third-order valence-electron chi connectivity index (χ3n) is 11.5. The van der Waals surface area contributed by atoms with Crippen LogP contribution in [0.5, 0.6) is 34.5 Å². The number of carbonyl (C=O) groups is 2. The Kier molecular flexibility index (Phi) is 28.3. The summed E-state index contributed by atoms with van der Waals surface area (Å²) in [5.74, 6) is 0.177. The van der Waals surface area contributed by atoms with E-state index in [1.165, 1.54) is 102 Å². The van der Waals surface area contributed by atoms with Crippen LogP contribution in [0.1, 0.15) is 153 Å². The lowest BCUT2D eigenvalue weighted by atomic mass is 10.1. The van der Waals surface area contributed by atoms with Gasteiger partial charge in [-0.15, -0.1) is 0 Å². The number of carbonyl (C=O) groups excluding carboxylic acids is 2. The molecule has 4 rings (SSSR count).